The molecular weight excluding hydrogens is 238 g/mol. The zero-order chi connectivity index (χ0) is 12.3. The molecule has 0 unspecified atom stereocenters. The number of hydrogen-bond acceptors (Lipinski definition) is 3. The summed E-state index contributed by atoms with van der Waals surface area (Å²) >= 11 is 6.16. The number of nitrogens with zero attached hydrogens (tertiary/aromatic N) is 1. The fraction of sp³-hybridized carbons (Fsp3) is 0.154. The van der Waals surface area contributed by atoms with Gasteiger partial charge < -0.3 is 9.84 Å². The van der Waals surface area contributed by atoms with Gasteiger partial charge in [0.1, 0.15) is 11.5 Å². The van der Waals surface area contributed by atoms with Crippen molar-refractivity contribution in [3.8, 4) is 22.8 Å². The Hall–Kier alpha value is -1.74. The van der Waals surface area contributed by atoms with Crippen LogP contribution < -0.4 is 4.74 Å². The van der Waals surface area contributed by atoms with Crippen LogP contribution in [-0.4, -0.2) is 16.7 Å². The smallest absolute Gasteiger partial charge is 0.133 e. The summed E-state index contributed by atoms with van der Waals surface area (Å²) in [5.41, 5.74) is 1.53. The van der Waals surface area contributed by atoms with Crippen LogP contribution in [-0.2, 0) is 0 Å². The zero-order valence-corrected chi connectivity index (χ0v) is 10.1. The summed E-state index contributed by atoms with van der Waals surface area (Å²) in [5, 5.41) is 9.75. The van der Waals surface area contributed by atoms with E-state index in [0.29, 0.717) is 11.6 Å². The third-order valence-electron chi connectivity index (χ3n) is 2.28. The number of hydrogen-bond donors (Lipinski definition) is 1. The van der Waals surface area contributed by atoms with E-state index >= 15 is 0 Å². The highest BCUT2D eigenvalue weighted by atomic mass is 35.5. The average molecular weight is 250 g/mol. The minimum Gasteiger partial charge on any atom is -0.506 e. The van der Waals surface area contributed by atoms with E-state index in [-0.39, 0.29) is 5.75 Å². The summed E-state index contributed by atoms with van der Waals surface area (Å²) in [5.74, 6) is 0.871. The summed E-state index contributed by atoms with van der Waals surface area (Å²) in [6, 6.07) is 8.76. The SMILES string of the molecule is CCOc1ccc(-c2ccc(O)cn2)c(Cl)c1. The van der Waals surface area contributed by atoms with Crippen LogP contribution in [0.1, 0.15) is 6.92 Å². The first kappa shape index (κ1) is 11.7. The van der Waals surface area contributed by atoms with Crippen LogP contribution in [0.5, 0.6) is 11.5 Å². The largest absolute Gasteiger partial charge is 0.506 e. The number of benzene rings is 1. The molecule has 0 radical (unpaired) electrons. The number of ether oxygens (including phenoxy) is 1. The molecule has 0 saturated heterocycles. The number of aromatic nitrogens is 1. The molecule has 0 aliphatic carbocycles. The van der Waals surface area contributed by atoms with Crippen molar-refractivity contribution in [2.75, 3.05) is 6.61 Å². The van der Waals surface area contributed by atoms with Gasteiger partial charge in [0.05, 0.1) is 23.5 Å². The van der Waals surface area contributed by atoms with Gasteiger partial charge in [0.25, 0.3) is 0 Å². The first-order valence-corrected chi connectivity index (χ1v) is 5.66. The number of halogens is 1. The second kappa shape index (κ2) is 5.06. The van der Waals surface area contributed by atoms with Gasteiger partial charge >= 0.3 is 0 Å². The van der Waals surface area contributed by atoms with Crippen molar-refractivity contribution in [3.63, 3.8) is 0 Å². The minimum absolute atomic E-state index is 0.135. The van der Waals surface area contributed by atoms with Crippen LogP contribution in [0.2, 0.25) is 5.02 Å². The molecule has 0 amide bonds. The van der Waals surface area contributed by atoms with Crippen molar-refractivity contribution < 1.29 is 9.84 Å². The monoisotopic (exact) mass is 249 g/mol. The van der Waals surface area contributed by atoms with Gasteiger partial charge in [-0.3, -0.25) is 4.98 Å². The molecule has 0 aliphatic rings. The van der Waals surface area contributed by atoms with Crippen LogP contribution >= 0.6 is 11.6 Å². The summed E-state index contributed by atoms with van der Waals surface area (Å²) in [4.78, 5) is 4.11. The fourth-order valence-electron chi connectivity index (χ4n) is 1.51. The van der Waals surface area contributed by atoms with Gasteiger partial charge in [-0.2, -0.15) is 0 Å². The number of pyridine rings is 1. The Kier molecular flexibility index (Phi) is 3.49. The molecule has 0 spiro atoms. The summed E-state index contributed by atoms with van der Waals surface area (Å²) < 4.78 is 5.35. The third-order valence-corrected chi connectivity index (χ3v) is 2.59. The molecule has 0 fully saturated rings. The maximum atomic E-state index is 9.17. The van der Waals surface area contributed by atoms with Crippen molar-refractivity contribution in [1.29, 1.82) is 0 Å². The Morgan fingerprint density at radius 3 is 2.71 bits per heavy atom. The Labute approximate surface area is 105 Å². The van der Waals surface area contributed by atoms with Crippen molar-refractivity contribution in [1.82, 2.24) is 4.98 Å². The van der Waals surface area contributed by atoms with Gasteiger partial charge in [0.2, 0.25) is 0 Å². The molecule has 88 valence electrons. The molecule has 1 aromatic heterocycles. The van der Waals surface area contributed by atoms with Crippen molar-refractivity contribution in [2.45, 2.75) is 6.92 Å². The van der Waals surface area contributed by atoms with E-state index in [2.05, 4.69) is 4.98 Å². The van der Waals surface area contributed by atoms with E-state index in [9.17, 15) is 5.11 Å². The number of aromatic hydroxyl groups is 1. The highest BCUT2D eigenvalue weighted by Crippen LogP contribution is 2.30. The Morgan fingerprint density at radius 2 is 2.12 bits per heavy atom. The molecule has 1 aromatic carbocycles. The lowest BCUT2D eigenvalue weighted by Crippen LogP contribution is -1.92. The summed E-state index contributed by atoms with van der Waals surface area (Å²) in [6.45, 7) is 2.52. The lowest BCUT2D eigenvalue weighted by Gasteiger charge is -2.07. The van der Waals surface area contributed by atoms with Crippen molar-refractivity contribution >= 4 is 11.6 Å². The van der Waals surface area contributed by atoms with E-state index in [0.717, 1.165) is 17.0 Å². The summed E-state index contributed by atoms with van der Waals surface area (Å²) in [6.07, 6.45) is 1.39. The van der Waals surface area contributed by atoms with Crippen LogP contribution in [0.25, 0.3) is 11.3 Å². The van der Waals surface area contributed by atoms with Gasteiger partial charge in [-0.15, -0.1) is 0 Å². The van der Waals surface area contributed by atoms with E-state index in [1.807, 2.05) is 19.1 Å². The van der Waals surface area contributed by atoms with E-state index in [1.54, 1.807) is 18.2 Å². The van der Waals surface area contributed by atoms with Crippen molar-refractivity contribution in [2.24, 2.45) is 0 Å². The molecule has 1 heterocycles. The lowest BCUT2D eigenvalue weighted by molar-refractivity contribution is 0.340. The Morgan fingerprint density at radius 1 is 1.29 bits per heavy atom. The normalized spacial score (nSPS) is 10.2. The molecule has 2 rings (SSSR count). The molecule has 0 bridgehead atoms. The first-order valence-electron chi connectivity index (χ1n) is 5.28. The second-order valence-corrected chi connectivity index (χ2v) is 3.88. The zero-order valence-electron chi connectivity index (χ0n) is 9.35. The predicted molar refractivity (Wildman–Crippen MR) is 67.5 cm³/mol. The van der Waals surface area contributed by atoms with Crippen LogP contribution in [0, 0.1) is 0 Å². The molecule has 0 saturated carbocycles. The number of rotatable bonds is 3. The van der Waals surface area contributed by atoms with Crippen LogP contribution in [0.15, 0.2) is 36.5 Å². The predicted octanol–water partition coefficient (Wildman–Crippen LogP) is 3.51. The second-order valence-electron chi connectivity index (χ2n) is 3.48. The standard InChI is InChI=1S/C13H12ClNO2/c1-2-17-10-4-5-11(12(14)7-10)13-6-3-9(16)8-15-13/h3-8,16H,2H2,1H3. The molecule has 2 aromatic rings. The average Bonchev–Trinajstić information content (AvgIpc) is 2.31. The van der Waals surface area contributed by atoms with E-state index in [1.165, 1.54) is 6.20 Å². The van der Waals surface area contributed by atoms with Gasteiger partial charge in [0, 0.05) is 5.56 Å². The maximum absolute atomic E-state index is 9.17. The quantitative estimate of drug-likeness (QED) is 0.905. The third kappa shape index (κ3) is 2.68. The fourth-order valence-corrected chi connectivity index (χ4v) is 1.77. The molecule has 4 heteroatoms. The molecule has 17 heavy (non-hydrogen) atoms. The van der Waals surface area contributed by atoms with E-state index < -0.39 is 0 Å². The van der Waals surface area contributed by atoms with E-state index in [4.69, 9.17) is 16.3 Å². The van der Waals surface area contributed by atoms with Crippen molar-refractivity contribution in [3.05, 3.63) is 41.6 Å². The molecule has 0 aliphatic heterocycles. The Balaban J connectivity index is 2.36. The molecule has 0 atom stereocenters. The topological polar surface area (TPSA) is 42.4 Å². The Bertz CT molecular complexity index is 511. The molecular formula is C13H12ClNO2. The summed E-state index contributed by atoms with van der Waals surface area (Å²) in [7, 11) is 0. The lowest BCUT2D eigenvalue weighted by atomic mass is 10.1. The molecule has 3 nitrogen and oxygen atoms in total. The highest BCUT2D eigenvalue weighted by molar-refractivity contribution is 6.33. The van der Waals surface area contributed by atoms with Crippen LogP contribution in [0.3, 0.4) is 0 Å². The minimum atomic E-state index is 0.135. The maximum Gasteiger partial charge on any atom is 0.133 e. The van der Waals surface area contributed by atoms with Gasteiger partial charge in [-0.25, -0.2) is 0 Å². The molecule has 1 N–H and O–H groups in total. The van der Waals surface area contributed by atoms with Gasteiger partial charge in [0.15, 0.2) is 0 Å². The van der Waals surface area contributed by atoms with Crippen LogP contribution in [0.4, 0.5) is 0 Å². The van der Waals surface area contributed by atoms with Gasteiger partial charge in [-0.05, 0) is 37.3 Å². The first-order chi connectivity index (χ1) is 8.20. The highest BCUT2D eigenvalue weighted by Gasteiger charge is 2.06. The van der Waals surface area contributed by atoms with Gasteiger partial charge in [-0.1, -0.05) is 11.6 Å².